The number of hydrogen-bond donors (Lipinski definition) is 0. The molecule has 0 aliphatic heterocycles. The van der Waals surface area contributed by atoms with Crippen molar-refractivity contribution in [3.63, 3.8) is 0 Å². The maximum absolute atomic E-state index is 13.3. The van der Waals surface area contributed by atoms with Gasteiger partial charge in [0.25, 0.3) is 0 Å². The second-order valence-electron chi connectivity index (χ2n) is 4.58. The van der Waals surface area contributed by atoms with Gasteiger partial charge in [0.05, 0.1) is 6.61 Å². The second kappa shape index (κ2) is 8.16. The number of esters is 2. The summed E-state index contributed by atoms with van der Waals surface area (Å²) in [6, 6.07) is 0. The van der Waals surface area contributed by atoms with Gasteiger partial charge in [-0.3, -0.25) is 0 Å². The van der Waals surface area contributed by atoms with Crippen LogP contribution >= 0.6 is 0 Å². The lowest BCUT2D eigenvalue weighted by atomic mass is 10.2. The summed E-state index contributed by atoms with van der Waals surface area (Å²) in [5, 5.41) is -5.59. The lowest BCUT2D eigenvalue weighted by molar-refractivity contribution is -0.360. The van der Waals surface area contributed by atoms with Gasteiger partial charge >= 0.3 is 35.3 Å². The number of alkyl halides is 8. The van der Waals surface area contributed by atoms with E-state index in [4.69, 9.17) is 0 Å². The van der Waals surface area contributed by atoms with E-state index in [-0.39, 0.29) is 0 Å². The number of ether oxygens (including phenoxy) is 3. The lowest BCUT2D eigenvalue weighted by Gasteiger charge is -2.33. The highest BCUT2D eigenvalue weighted by Crippen LogP contribution is 2.39. The van der Waals surface area contributed by atoms with Gasteiger partial charge in [0.1, 0.15) is 12.2 Å². The zero-order valence-corrected chi connectivity index (χ0v) is 14.1. The van der Waals surface area contributed by atoms with Crippen LogP contribution in [0.2, 0.25) is 0 Å². The molecular formula is C11H9F8O8S-. The predicted molar refractivity (Wildman–Crippen MR) is 67.3 cm³/mol. The molecule has 0 saturated heterocycles. The third-order valence-electron chi connectivity index (χ3n) is 2.55. The minimum absolute atomic E-state index is 0.867. The molecule has 0 saturated carbocycles. The van der Waals surface area contributed by atoms with Crippen LogP contribution in [0.1, 0.15) is 6.92 Å². The third kappa shape index (κ3) is 5.74. The molecule has 0 radical (unpaired) electrons. The van der Waals surface area contributed by atoms with Crippen molar-refractivity contribution in [2.24, 2.45) is 0 Å². The van der Waals surface area contributed by atoms with Crippen LogP contribution < -0.4 is 0 Å². The molecule has 0 aromatic carbocycles. The predicted octanol–water partition coefficient (Wildman–Crippen LogP) is 1.62. The highest BCUT2D eigenvalue weighted by atomic mass is 32.2. The summed E-state index contributed by atoms with van der Waals surface area (Å²) in [5.74, 6) is -11.1. The number of halogens is 8. The fraction of sp³-hybridized carbons (Fsp3) is 0.636. The summed E-state index contributed by atoms with van der Waals surface area (Å²) in [4.78, 5) is 22.8. The Labute approximate surface area is 150 Å². The molecule has 0 fully saturated rings. The zero-order chi connectivity index (χ0) is 22.8. The molecule has 1 atom stereocenters. The topological polar surface area (TPSA) is 119 Å². The average molecular weight is 453 g/mol. The molecule has 0 aliphatic carbocycles. The minimum Gasteiger partial charge on any atom is -0.743 e. The SMILES string of the molecule is C=C(C(=O)OC(OCC(F)(F)S(=O)(=O)[O-])(C(=O)OCC)C(F)(F)F)C(F)(F)F. The number of carbonyl (C=O) groups excluding carboxylic acids is 2. The Hall–Kier alpha value is -2.01. The van der Waals surface area contributed by atoms with Gasteiger partial charge in [0.15, 0.2) is 10.1 Å². The summed E-state index contributed by atoms with van der Waals surface area (Å²) in [6.07, 6.45) is -12.0. The van der Waals surface area contributed by atoms with Crippen LogP contribution in [0.4, 0.5) is 35.1 Å². The van der Waals surface area contributed by atoms with Crippen LogP contribution in [-0.4, -0.2) is 61.5 Å². The summed E-state index contributed by atoms with van der Waals surface area (Å²) in [5.41, 5.74) is -2.60. The summed E-state index contributed by atoms with van der Waals surface area (Å²) in [7, 11) is -6.64. The maximum Gasteiger partial charge on any atom is 0.468 e. The van der Waals surface area contributed by atoms with Crippen LogP contribution in [0.25, 0.3) is 0 Å². The van der Waals surface area contributed by atoms with Crippen molar-refractivity contribution in [1.82, 2.24) is 0 Å². The van der Waals surface area contributed by atoms with Crippen molar-refractivity contribution in [2.45, 2.75) is 30.3 Å². The lowest BCUT2D eigenvalue weighted by Crippen LogP contribution is -2.60. The quantitative estimate of drug-likeness (QED) is 0.179. The Kier molecular flexibility index (Phi) is 7.57. The Balaban J connectivity index is 6.24. The van der Waals surface area contributed by atoms with E-state index in [1.165, 1.54) is 0 Å². The van der Waals surface area contributed by atoms with Crippen LogP contribution in [0, 0.1) is 0 Å². The second-order valence-corrected chi connectivity index (χ2v) is 6.09. The van der Waals surface area contributed by atoms with E-state index in [0.717, 1.165) is 6.92 Å². The maximum atomic E-state index is 13.3. The Bertz CT molecular complexity index is 726. The van der Waals surface area contributed by atoms with Gasteiger partial charge in [-0.25, -0.2) is 18.0 Å². The number of carbonyl (C=O) groups is 2. The van der Waals surface area contributed by atoms with Crippen LogP contribution in [0.15, 0.2) is 12.2 Å². The van der Waals surface area contributed by atoms with Crippen molar-refractivity contribution in [3.8, 4) is 0 Å². The smallest absolute Gasteiger partial charge is 0.468 e. The molecule has 0 aromatic heterocycles. The van der Waals surface area contributed by atoms with Gasteiger partial charge in [-0.1, -0.05) is 6.58 Å². The molecule has 0 bridgehead atoms. The first kappa shape index (κ1) is 26.0. The number of rotatable bonds is 8. The van der Waals surface area contributed by atoms with Gasteiger partial charge in [-0.2, -0.15) is 35.1 Å². The van der Waals surface area contributed by atoms with Crippen molar-refractivity contribution >= 4 is 22.1 Å². The van der Waals surface area contributed by atoms with Crippen LogP contribution in [0.5, 0.6) is 0 Å². The molecule has 164 valence electrons. The normalized spacial score (nSPS) is 15.5. The van der Waals surface area contributed by atoms with E-state index < -0.39 is 64.2 Å². The molecule has 0 N–H and O–H groups in total. The Morgan fingerprint density at radius 3 is 1.82 bits per heavy atom. The minimum atomic E-state index is -6.64. The molecule has 28 heavy (non-hydrogen) atoms. The highest BCUT2D eigenvalue weighted by molar-refractivity contribution is 7.86. The molecule has 17 heteroatoms. The molecular weight excluding hydrogens is 444 g/mol. The first-order chi connectivity index (χ1) is 12.2. The first-order valence-corrected chi connectivity index (χ1v) is 7.84. The molecule has 0 rings (SSSR count). The summed E-state index contributed by atoms with van der Waals surface area (Å²) in [6.45, 7) is -1.02. The Morgan fingerprint density at radius 1 is 1.04 bits per heavy atom. The van der Waals surface area contributed by atoms with E-state index in [0.29, 0.717) is 0 Å². The van der Waals surface area contributed by atoms with Crippen molar-refractivity contribution in [3.05, 3.63) is 12.2 Å². The third-order valence-corrected chi connectivity index (χ3v) is 3.40. The van der Waals surface area contributed by atoms with Crippen LogP contribution in [0.3, 0.4) is 0 Å². The first-order valence-electron chi connectivity index (χ1n) is 6.43. The Morgan fingerprint density at radius 2 is 1.50 bits per heavy atom. The van der Waals surface area contributed by atoms with Crippen molar-refractivity contribution in [2.75, 3.05) is 13.2 Å². The molecule has 1 unspecified atom stereocenters. The van der Waals surface area contributed by atoms with E-state index in [2.05, 4.69) is 20.8 Å². The molecule has 0 aromatic rings. The number of hydrogen-bond acceptors (Lipinski definition) is 8. The van der Waals surface area contributed by atoms with Crippen LogP contribution in [-0.2, 0) is 33.9 Å². The molecule has 0 heterocycles. The summed E-state index contributed by atoms with van der Waals surface area (Å²) >= 11 is 0. The zero-order valence-electron chi connectivity index (χ0n) is 13.3. The molecule has 0 amide bonds. The summed E-state index contributed by atoms with van der Waals surface area (Å²) < 4.78 is 145. The largest absolute Gasteiger partial charge is 0.743 e. The molecule has 0 spiro atoms. The molecule has 8 nitrogen and oxygen atoms in total. The van der Waals surface area contributed by atoms with Gasteiger partial charge in [0.2, 0.25) is 0 Å². The monoisotopic (exact) mass is 453 g/mol. The van der Waals surface area contributed by atoms with Gasteiger partial charge in [-0.05, 0) is 6.92 Å². The molecule has 0 aliphatic rings. The van der Waals surface area contributed by atoms with Crippen molar-refractivity contribution in [1.29, 1.82) is 0 Å². The fourth-order valence-corrected chi connectivity index (χ4v) is 1.38. The van der Waals surface area contributed by atoms with E-state index in [1.54, 1.807) is 0 Å². The van der Waals surface area contributed by atoms with E-state index >= 15 is 0 Å². The van der Waals surface area contributed by atoms with Gasteiger partial charge in [-0.15, -0.1) is 0 Å². The van der Waals surface area contributed by atoms with Crippen molar-refractivity contribution < 1.29 is 71.9 Å². The van der Waals surface area contributed by atoms with Gasteiger partial charge < -0.3 is 18.8 Å². The van der Waals surface area contributed by atoms with Gasteiger partial charge in [0, 0.05) is 0 Å². The van der Waals surface area contributed by atoms with E-state index in [1.807, 2.05) is 0 Å². The fourth-order valence-electron chi connectivity index (χ4n) is 1.18. The average Bonchev–Trinajstić information content (AvgIpc) is 2.47. The standard InChI is InChI=1S/C11H10F8O8S/c1-3-25-7(21)9(11(17,18)19,26-4-8(12,13)28(22,23)24)27-6(20)5(2)10(14,15)16/h2-4H2,1H3,(H,22,23,24)/p-1. The highest BCUT2D eigenvalue weighted by Gasteiger charge is 2.69. The van der Waals surface area contributed by atoms with E-state index in [9.17, 15) is 57.7 Å².